The van der Waals surface area contributed by atoms with Gasteiger partial charge in [0, 0.05) is 30.8 Å². The Morgan fingerprint density at radius 3 is 2.53 bits per heavy atom. The molecule has 0 spiro atoms. The zero-order valence-corrected chi connectivity index (χ0v) is 18.9. The van der Waals surface area contributed by atoms with Crippen molar-refractivity contribution in [2.45, 2.75) is 32.7 Å². The summed E-state index contributed by atoms with van der Waals surface area (Å²) in [6.45, 7) is 2.89. The molecule has 34 heavy (non-hydrogen) atoms. The second-order valence-electron chi connectivity index (χ2n) is 8.22. The molecule has 1 N–H and O–H groups in total. The van der Waals surface area contributed by atoms with Crippen LogP contribution >= 0.6 is 0 Å². The minimum absolute atomic E-state index is 0.645. The molecule has 0 saturated carbocycles. The van der Waals surface area contributed by atoms with E-state index in [1.165, 1.54) is 11.8 Å². The van der Waals surface area contributed by atoms with Gasteiger partial charge >= 0.3 is 0 Å². The second-order valence-corrected chi connectivity index (χ2v) is 8.22. The standard InChI is InChI=1S/C26H25N7O/c1-2-3-10-25-27-24(21-7-6-15-33(34)17-21)18-32(25)16-19-11-13-20(14-12-19)22-8-4-5-9-23(22)26-28-30-31-29-26/h4-9,11-15,17-18H,2-3,10,16H2,1H3,(H,28,29,30,31). The van der Waals surface area contributed by atoms with E-state index in [4.69, 9.17) is 4.98 Å². The molecule has 0 unspecified atom stereocenters. The lowest BCUT2D eigenvalue weighted by Gasteiger charge is -2.10. The summed E-state index contributed by atoms with van der Waals surface area (Å²) in [6, 6.07) is 20.3. The molecule has 3 heterocycles. The molecular formula is C26H25N7O. The molecule has 0 fully saturated rings. The average Bonchev–Trinajstić information content (AvgIpc) is 3.54. The lowest BCUT2D eigenvalue weighted by Crippen LogP contribution is -2.23. The summed E-state index contributed by atoms with van der Waals surface area (Å²) >= 11 is 0. The Morgan fingerprint density at radius 1 is 0.971 bits per heavy atom. The van der Waals surface area contributed by atoms with E-state index >= 15 is 0 Å². The molecular weight excluding hydrogens is 426 g/mol. The maximum atomic E-state index is 11.7. The molecule has 170 valence electrons. The van der Waals surface area contributed by atoms with Gasteiger partial charge in [0.1, 0.15) is 5.82 Å². The first-order valence-electron chi connectivity index (χ1n) is 11.4. The number of aryl methyl sites for hydroxylation is 1. The van der Waals surface area contributed by atoms with E-state index in [0.717, 1.165) is 57.8 Å². The van der Waals surface area contributed by atoms with E-state index in [9.17, 15) is 5.21 Å². The molecule has 8 nitrogen and oxygen atoms in total. The van der Waals surface area contributed by atoms with Gasteiger partial charge in [-0.05, 0) is 39.6 Å². The molecule has 5 rings (SSSR count). The number of aromatic nitrogens is 7. The third-order valence-corrected chi connectivity index (χ3v) is 5.83. The van der Waals surface area contributed by atoms with Crippen LogP contribution in [0.2, 0.25) is 0 Å². The van der Waals surface area contributed by atoms with Gasteiger partial charge in [0.25, 0.3) is 0 Å². The van der Waals surface area contributed by atoms with E-state index in [0.29, 0.717) is 12.4 Å². The van der Waals surface area contributed by atoms with Gasteiger partial charge in [-0.2, -0.15) is 4.73 Å². The minimum Gasteiger partial charge on any atom is -0.619 e. The molecule has 0 saturated heterocycles. The molecule has 0 amide bonds. The zero-order chi connectivity index (χ0) is 23.3. The Hall–Kier alpha value is -4.33. The fourth-order valence-corrected chi connectivity index (χ4v) is 4.07. The zero-order valence-electron chi connectivity index (χ0n) is 18.9. The topological polar surface area (TPSA) is 99.2 Å². The largest absolute Gasteiger partial charge is 0.619 e. The van der Waals surface area contributed by atoms with Gasteiger partial charge < -0.3 is 9.77 Å². The number of nitrogens with zero attached hydrogens (tertiary/aromatic N) is 6. The Labute approximate surface area is 197 Å². The van der Waals surface area contributed by atoms with Crippen molar-refractivity contribution >= 4 is 0 Å². The van der Waals surface area contributed by atoms with E-state index < -0.39 is 0 Å². The monoisotopic (exact) mass is 451 g/mol. The molecule has 2 aromatic carbocycles. The predicted octanol–water partition coefficient (Wildman–Crippen LogP) is 4.42. The van der Waals surface area contributed by atoms with Crippen LogP contribution in [0.15, 0.2) is 79.3 Å². The molecule has 5 aromatic rings. The highest BCUT2D eigenvalue weighted by Gasteiger charge is 2.13. The molecule has 0 aliphatic rings. The van der Waals surface area contributed by atoms with Crippen molar-refractivity contribution in [3.8, 4) is 33.8 Å². The summed E-state index contributed by atoms with van der Waals surface area (Å²) in [5.41, 5.74) is 5.94. The number of imidazole rings is 1. The number of hydrogen-bond acceptors (Lipinski definition) is 5. The lowest BCUT2D eigenvalue weighted by atomic mass is 9.98. The van der Waals surface area contributed by atoms with Crippen molar-refractivity contribution in [3.05, 3.63) is 95.8 Å². The summed E-state index contributed by atoms with van der Waals surface area (Å²) in [5, 5.41) is 26.1. The number of unbranched alkanes of at least 4 members (excludes halogenated alkanes) is 1. The number of pyridine rings is 1. The normalized spacial score (nSPS) is 11.1. The van der Waals surface area contributed by atoms with Gasteiger partial charge in [0.2, 0.25) is 0 Å². The number of nitrogens with one attached hydrogen (secondary N) is 1. The Kier molecular flexibility index (Phi) is 6.11. The van der Waals surface area contributed by atoms with Crippen molar-refractivity contribution in [2.75, 3.05) is 0 Å². The van der Waals surface area contributed by atoms with Gasteiger partial charge in [0.05, 0.1) is 11.3 Å². The lowest BCUT2D eigenvalue weighted by molar-refractivity contribution is -0.604. The van der Waals surface area contributed by atoms with Crippen LogP contribution in [0.1, 0.15) is 31.2 Å². The molecule has 0 atom stereocenters. The predicted molar refractivity (Wildman–Crippen MR) is 129 cm³/mol. The molecule has 0 aliphatic heterocycles. The van der Waals surface area contributed by atoms with Crippen LogP contribution in [-0.4, -0.2) is 30.2 Å². The summed E-state index contributed by atoms with van der Waals surface area (Å²) in [7, 11) is 0. The van der Waals surface area contributed by atoms with Crippen LogP contribution in [-0.2, 0) is 13.0 Å². The summed E-state index contributed by atoms with van der Waals surface area (Å²) in [6.07, 6.45) is 8.16. The van der Waals surface area contributed by atoms with E-state index in [1.54, 1.807) is 12.3 Å². The number of tetrazole rings is 1. The summed E-state index contributed by atoms with van der Waals surface area (Å²) < 4.78 is 3.00. The quantitative estimate of drug-likeness (QED) is 0.278. The average molecular weight is 452 g/mol. The molecule has 0 bridgehead atoms. The highest BCUT2D eigenvalue weighted by molar-refractivity contribution is 5.80. The van der Waals surface area contributed by atoms with Gasteiger partial charge in [-0.3, -0.25) is 0 Å². The van der Waals surface area contributed by atoms with Gasteiger partial charge in [-0.1, -0.05) is 61.9 Å². The van der Waals surface area contributed by atoms with Gasteiger partial charge in [-0.25, -0.2) is 10.1 Å². The van der Waals surface area contributed by atoms with Crippen molar-refractivity contribution in [2.24, 2.45) is 0 Å². The third-order valence-electron chi connectivity index (χ3n) is 5.83. The van der Waals surface area contributed by atoms with Gasteiger partial charge in [0.15, 0.2) is 18.2 Å². The summed E-state index contributed by atoms with van der Waals surface area (Å²) in [4.78, 5) is 4.85. The Bertz CT molecular complexity index is 1370. The number of H-pyrrole nitrogens is 1. The fourth-order valence-electron chi connectivity index (χ4n) is 4.07. The van der Waals surface area contributed by atoms with Crippen molar-refractivity contribution in [1.82, 2.24) is 30.2 Å². The highest BCUT2D eigenvalue weighted by Crippen LogP contribution is 2.30. The first-order chi connectivity index (χ1) is 16.7. The van der Waals surface area contributed by atoms with Crippen LogP contribution in [0.3, 0.4) is 0 Å². The maximum Gasteiger partial charge on any atom is 0.189 e. The van der Waals surface area contributed by atoms with E-state index in [-0.39, 0.29) is 0 Å². The molecule has 3 aromatic heterocycles. The number of hydrogen-bond donors (Lipinski definition) is 1. The van der Waals surface area contributed by atoms with Crippen LogP contribution in [0.4, 0.5) is 0 Å². The highest BCUT2D eigenvalue weighted by atomic mass is 16.5. The van der Waals surface area contributed by atoms with Crippen molar-refractivity contribution in [1.29, 1.82) is 0 Å². The number of benzene rings is 2. The van der Waals surface area contributed by atoms with Gasteiger partial charge in [-0.15, -0.1) is 5.10 Å². The first-order valence-corrected chi connectivity index (χ1v) is 11.4. The van der Waals surface area contributed by atoms with Crippen LogP contribution in [0.5, 0.6) is 0 Å². The fraction of sp³-hybridized carbons (Fsp3) is 0.192. The third kappa shape index (κ3) is 4.56. The van der Waals surface area contributed by atoms with Crippen molar-refractivity contribution in [3.63, 3.8) is 0 Å². The maximum absolute atomic E-state index is 11.7. The van der Waals surface area contributed by atoms with E-state index in [2.05, 4.69) is 62.4 Å². The SMILES string of the molecule is CCCCc1nc(-c2ccc[n+]([O-])c2)cn1Cc1ccc(-c2ccccc2-c2nnn[nH]2)cc1. The number of rotatable bonds is 8. The van der Waals surface area contributed by atoms with E-state index in [1.807, 2.05) is 30.5 Å². The van der Waals surface area contributed by atoms with Crippen molar-refractivity contribution < 1.29 is 4.73 Å². The molecule has 0 aliphatic carbocycles. The molecule has 0 radical (unpaired) electrons. The first kappa shape index (κ1) is 21.5. The smallest absolute Gasteiger partial charge is 0.189 e. The Morgan fingerprint density at radius 2 is 1.79 bits per heavy atom. The summed E-state index contributed by atoms with van der Waals surface area (Å²) in [5.74, 6) is 1.68. The number of aromatic amines is 1. The second kappa shape index (κ2) is 9.66. The Balaban J connectivity index is 1.42. The minimum atomic E-state index is 0.645. The molecule has 8 heteroatoms. The van der Waals surface area contributed by atoms with Crippen LogP contribution in [0, 0.1) is 5.21 Å². The van der Waals surface area contributed by atoms with Crippen LogP contribution < -0.4 is 4.73 Å². The van der Waals surface area contributed by atoms with Crippen LogP contribution in [0.25, 0.3) is 33.8 Å².